The second kappa shape index (κ2) is 5.84. The Morgan fingerprint density at radius 1 is 1.33 bits per heavy atom. The van der Waals surface area contributed by atoms with Gasteiger partial charge in [0.2, 0.25) is 0 Å². The van der Waals surface area contributed by atoms with Crippen molar-refractivity contribution >= 4 is 5.97 Å². The largest absolute Gasteiger partial charge is 0.480 e. The molecular weight excluding hydrogens is 310 g/mol. The van der Waals surface area contributed by atoms with E-state index >= 15 is 0 Å². The Labute approximate surface area is 137 Å². The van der Waals surface area contributed by atoms with Crippen LogP contribution in [0.3, 0.4) is 0 Å². The number of nitrogens with zero attached hydrogens (tertiary/aromatic N) is 7. The summed E-state index contributed by atoms with van der Waals surface area (Å²) in [5.74, 6) is 1.13. The number of carbonyl (C=O) groups is 1. The van der Waals surface area contributed by atoms with Crippen molar-refractivity contribution in [2.24, 2.45) is 0 Å². The number of pyridine rings is 1. The van der Waals surface area contributed by atoms with E-state index in [1.54, 1.807) is 18.6 Å². The lowest BCUT2D eigenvalue weighted by Crippen LogP contribution is -2.24. The molecule has 1 unspecified atom stereocenters. The summed E-state index contributed by atoms with van der Waals surface area (Å²) in [5, 5.41) is 17.7. The molecule has 0 bridgehead atoms. The normalized spacial score (nSPS) is 16.8. The van der Waals surface area contributed by atoms with E-state index in [0.29, 0.717) is 23.9 Å². The first kappa shape index (κ1) is 14.5. The second-order valence-corrected chi connectivity index (χ2v) is 5.65. The van der Waals surface area contributed by atoms with Crippen molar-refractivity contribution in [3.8, 4) is 11.5 Å². The number of carboxylic acids is 1. The lowest BCUT2D eigenvalue weighted by Gasteiger charge is -2.21. The number of carboxylic acid groups (broad SMARTS) is 1. The molecule has 0 saturated carbocycles. The van der Waals surface area contributed by atoms with E-state index in [0.717, 1.165) is 18.7 Å². The first-order valence-corrected chi connectivity index (χ1v) is 7.65. The van der Waals surface area contributed by atoms with Gasteiger partial charge in [-0.25, -0.2) is 19.3 Å². The molecule has 1 atom stereocenters. The number of hydrogen-bond acceptors (Lipinski definition) is 6. The van der Waals surface area contributed by atoms with Crippen molar-refractivity contribution in [2.75, 3.05) is 0 Å². The van der Waals surface area contributed by atoms with Crippen LogP contribution in [0.15, 0.2) is 30.7 Å². The van der Waals surface area contributed by atoms with Gasteiger partial charge in [0.05, 0.1) is 6.54 Å². The van der Waals surface area contributed by atoms with Crippen molar-refractivity contribution in [3.05, 3.63) is 42.4 Å². The monoisotopic (exact) mass is 325 g/mol. The molecule has 0 spiro atoms. The molecule has 0 radical (unpaired) electrons. The smallest absolute Gasteiger partial charge is 0.325 e. The highest BCUT2D eigenvalue weighted by Crippen LogP contribution is 2.27. The minimum Gasteiger partial charge on any atom is -0.480 e. The van der Waals surface area contributed by atoms with Gasteiger partial charge >= 0.3 is 5.97 Å². The van der Waals surface area contributed by atoms with E-state index in [9.17, 15) is 4.79 Å². The summed E-state index contributed by atoms with van der Waals surface area (Å²) in [5.41, 5.74) is 0.625. The van der Waals surface area contributed by atoms with Gasteiger partial charge in [-0.05, 0) is 18.6 Å². The molecule has 3 aromatic heterocycles. The third-order valence-corrected chi connectivity index (χ3v) is 4.05. The Morgan fingerprint density at radius 2 is 2.25 bits per heavy atom. The van der Waals surface area contributed by atoms with E-state index in [2.05, 4.69) is 25.1 Å². The van der Waals surface area contributed by atoms with Gasteiger partial charge in [0, 0.05) is 18.5 Å². The molecule has 122 valence electrons. The van der Waals surface area contributed by atoms with Crippen molar-refractivity contribution in [3.63, 3.8) is 0 Å². The fourth-order valence-corrected chi connectivity index (χ4v) is 2.95. The third kappa shape index (κ3) is 2.64. The molecule has 24 heavy (non-hydrogen) atoms. The molecule has 0 amide bonds. The predicted molar refractivity (Wildman–Crippen MR) is 82.0 cm³/mol. The zero-order valence-corrected chi connectivity index (χ0v) is 12.8. The van der Waals surface area contributed by atoms with Gasteiger partial charge in [0.25, 0.3) is 0 Å². The number of aryl methyl sites for hydroxylation is 1. The average molecular weight is 325 g/mol. The number of fused-ring (bicyclic) bond motifs is 1. The van der Waals surface area contributed by atoms with E-state index < -0.39 is 5.97 Å². The second-order valence-electron chi connectivity index (χ2n) is 5.65. The van der Waals surface area contributed by atoms with Crippen LogP contribution in [0, 0.1) is 0 Å². The van der Waals surface area contributed by atoms with Crippen LogP contribution in [0.4, 0.5) is 0 Å². The van der Waals surface area contributed by atoms with Crippen molar-refractivity contribution in [1.82, 2.24) is 34.5 Å². The summed E-state index contributed by atoms with van der Waals surface area (Å²) in [6.45, 7) is 0.394. The summed E-state index contributed by atoms with van der Waals surface area (Å²) < 4.78 is 3.30. The Hall–Kier alpha value is -3.10. The Morgan fingerprint density at radius 3 is 3.04 bits per heavy atom. The topological polar surface area (TPSA) is 112 Å². The van der Waals surface area contributed by atoms with E-state index in [4.69, 9.17) is 5.11 Å². The van der Waals surface area contributed by atoms with Crippen LogP contribution in [0.5, 0.6) is 0 Å². The highest BCUT2D eigenvalue weighted by atomic mass is 16.4. The van der Waals surface area contributed by atoms with Crippen molar-refractivity contribution in [2.45, 2.75) is 31.8 Å². The minimum absolute atomic E-state index is 0.0449. The maximum absolute atomic E-state index is 11.2. The summed E-state index contributed by atoms with van der Waals surface area (Å²) in [4.78, 5) is 24.2. The number of aromatic nitrogens is 7. The predicted octanol–water partition coefficient (Wildman–Crippen LogP) is 0.746. The van der Waals surface area contributed by atoms with Gasteiger partial charge in [-0.3, -0.25) is 9.78 Å². The van der Waals surface area contributed by atoms with E-state index in [1.165, 1.54) is 4.68 Å². The third-order valence-electron chi connectivity index (χ3n) is 4.05. The first-order chi connectivity index (χ1) is 11.7. The zero-order chi connectivity index (χ0) is 16.5. The maximum atomic E-state index is 11.2. The molecule has 0 saturated heterocycles. The zero-order valence-electron chi connectivity index (χ0n) is 12.8. The molecule has 9 heteroatoms. The van der Waals surface area contributed by atoms with Crippen LogP contribution in [-0.4, -0.2) is 45.6 Å². The molecule has 9 nitrogen and oxygen atoms in total. The van der Waals surface area contributed by atoms with Gasteiger partial charge < -0.3 is 5.11 Å². The van der Waals surface area contributed by atoms with Gasteiger partial charge in [-0.2, -0.15) is 5.10 Å². The first-order valence-electron chi connectivity index (χ1n) is 7.65. The molecule has 1 N–H and O–H groups in total. The number of aliphatic carboxylic acids is 1. The average Bonchev–Trinajstić information content (AvgIpc) is 3.21. The summed E-state index contributed by atoms with van der Waals surface area (Å²) >= 11 is 0. The van der Waals surface area contributed by atoms with Gasteiger partial charge in [-0.1, -0.05) is 6.07 Å². The van der Waals surface area contributed by atoms with Crippen LogP contribution >= 0.6 is 0 Å². The molecule has 4 heterocycles. The van der Waals surface area contributed by atoms with Crippen LogP contribution in [0.1, 0.15) is 24.0 Å². The molecule has 0 aromatic carbocycles. The molecular formula is C15H15N7O2. The van der Waals surface area contributed by atoms with E-state index in [-0.39, 0.29) is 12.5 Å². The minimum atomic E-state index is -0.953. The van der Waals surface area contributed by atoms with Gasteiger partial charge in [0.1, 0.15) is 30.2 Å². The molecule has 0 fully saturated rings. The fraction of sp³-hybridized carbons (Fsp3) is 0.333. The molecule has 1 aliphatic heterocycles. The highest BCUT2D eigenvalue weighted by molar-refractivity contribution is 5.66. The van der Waals surface area contributed by atoms with Crippen molar-refractivity contribution < 1.29 is 9.90 Å². The SMILES string of the molecule is O=C(O)Cn1nc(-c2ccccn2)nc1C1CCc2ncnn2C1. The van der Waals surface area contributed by atoms with Gasteiger partial charge in [-0.15, -0.1) is 5.10 Å². The highest BCUT2D eigenvalue weighted by Gasteiger charge is 2.27. The molecule has 4 rings (SSSR count). The number of hydrogen-bond donors (Lipinski definition) is 1. The van der Waals surface area contributed by atoms with Crippen LogP contribution < -0.4 is 0 Å². The van der Waals surface area contributed by atoms with Gasteiger partial charge in [0.15, 0.2) is 5.82 Å². The summed E-state index contributed by atoms with van der Waals surface area (Å²) in [6, 6.07) is 5.47. The van der Waals surface area contributed by atoms with Crippen LogP contribution in [0.25, 0.3) is 11.5 Å². The standard InChI is InChI=1S/C15H15N7O2/c23-13(24)8-22-15(10-4-5-12-17-9-18-21(12)7-10)19-14(20-22)11-3-1-2-6-16-11/h1-3,6,9-10H,4-5,7-8H2,(H,23,24). The Balaban J connectivity index is 1.71. The summed E-state index contributed by atoms with van der Waals surface area (Å²) in [6.07, 6.45) is 4.82. The lowest BCUT2D eigenvalue weighted by atomic mass is 9.99. The lowest BCUT2D eigenvalue weighted by molar-refractivity contribution is -0.137. The maximum Gasteiger partial charge on any atom is 0.325 e. The van der Waals surface area contributed by atoms with Crippen LogP contribution in [-0.2, 0) is 24.3 Å². The fourth-order valence-electron chi connectivity index (χ4n) is 2.95. The Kier molecular flexibility index (Phi) is 3.52. The molecule has 0 aliphatic carbocycles. The van der Waals surface area contributed by atoms with Crippen LogP contribution in [0.2, 0.25) is 0 Å². The molecule has 1 aliphatic rings. The van der Waals surface area contributed by atoms with E-state index in [1.807, 2.05) is 16.8 Å². The summed E-state index contributed by atoms with van der Waals surface area (Å²) in [7, 11) is 0. The van der Waals surface area contributed by atoms with Crippen molar-refractivity contribution in [1.29, 1.82) is 0 Å². The quantitative estimate of drug-likeness (QED) is 0.753. The number of rotatable bonds is 4. The molecule has 3 aromatic rings. The Bertz CT molecular complexity index is 871.